The molecule has 0 bridgehead atoms. The number of rotatable bonds is 2. The molecular formula is C22H34O. The first kappa shape index (κ1) is 23.2. The minimum atomic E-state index is 0.858. The van der Waals surface area contributed by atoms with Crippen LogP contribution < -0.4 is 10.4 Å². The van der Waals surface area contributed by atoms with Crippen LogP contribution in [0.3, 0.4) is 0 Å². The smallest absolute Gasteiger partial charge is 0.135 e. The highest BCUT2D eigenvalue weighted by molar-refractivity contribution is 5.80. The van der Waals surface area contributed by atoms with Crippen LogP contribution in [-0.2, 0) is 4.74 Å². The predicted octanol–water partition coefficient (Wildman–Crippen LogP) is 5.81. The van der Waals surface area contributed by atoms with Crippen molar-refractivity contribution < 1.29 is 4.74 Å². The molecule has 0 aliphatic carbocycles. The Morgan fingerprint density at radius 1 is 1.00 bits per heavy atom. The summed E-state index contributed by atoms with van der Waals surface area (Å²) in [6.45, 7) is 23.9. The van der Waals surface area contributed by atoms with Gasteiger partial charge in [0.15, 0.2) is 0 Å². The molecule has 0 fully saturated rings. The molecule has 1 heterocycles. The number of hydrogen-bond acceptors (Lipinski definition) is 1. The van der Waals surface area contributed by atoms with E-state index in [1.54, 1.807) is 0 Å². The van der Waals surface area contributed by atoms with Crippen LogP contribution >= 0.6 is 0 Å². The van der Waals surface area contributed by atoms with E-state index in [0.717, 1.165) is 33.1 Å². The largest absolute Gasteiger partial charge is 0.461 e. The molecule has 128 valence electrons. The lowest BCUT2D eigenvalue weighted by atomic mass is 9.98. The van der Waals surface area contributed by atoms with E-state index >= 15 is 0 Å². The van der Waals surface area contributed by atoms with Crippen molar-refractivity contribution in [3.05, 3.63) is 64.8 Å². The Balaban J connectivity index is 0. The zero-order valence-corrected chi connectivity index (χ0v) is 16.3. The maximum Gasteiger partial charge on any atom is 0.135 e. The van der Waals surface area contributed by atoms with Crippen molar-refractivity contribution in [3.8, 4) is 0 Å². The minimum absolute atomic E-state index is 0.858. The van der Waals surface area contributed by atoms with Gasteiger partial charge in [-0.1, -0.05) is 85.1 Å². The Hall–Kier alpha value is -2.02. The molecule has 1 heteroatoms. The quantitative estimate of drug-likeness (QED) is 0.669. The van der Waals surface area contributed by atoms with Gasteiger partial charge < -0.3 is 4.74 Å². The third-order valence-electron chi connectivity index (χ3n) is 2.85. The minimum Gasteiger partial charge on any atom is -0.461 e. The van der Waals surface area contributed by atoms with E-state index in [-0.39, 0.29) is 0 Å². The fourth-order valence-corrected chi connectivity index (χ4v) is 2.10. The Morgan fingerprint density at radius 3 is 2.04 bits per heavy atom. The first-order chi connectivity index (χ1) is 11.2. The first-order valence-electron chi connectivity index (χ1n) is 8.65. The van der Waals surface area contributed by atoms with E-state index in [1.165, 1.54) is 0 Å². The molecule has 0 radical (unpaired) electrons. The van der Waals surface area contributed by atoms with Gasteiger partial charge in [0.05, 0.1) is 0 Å². The summed E-state index contributed by atoms with van der Waals surface area (Å²) in [5.74, 6) is 1.74. The number of hydrogen-bond donors (Lipinski definition) is 0. The van der Waals surface area contributed by atoms with Gasteiger partial charge in [-0.25, -0.2) is 0 Å². The molecule has 0 unspecified atom stereocenters. The maximum atomic E-state index is 5.84. The van der Waals surface area contributed by atoms with E-state index in [4.69, 9.17) is 4.74 Å². The van der Waals surface area contributed by atoms with Gasteiger partial charge in [-0.05, 0) is 30.7 Å². The average molecular weight is 315 g/mol. The van der Waals surface area contributed by atoms with Crippen molar-refractivity contribution in [3.63, 3.8) is 0 Å². The maximum absolute atomic E-state index is 5.84. The molecule has 1 nitrogen and oxygen atoms in total. The first-order valence-corrected chi connectivity index (χ1v) is 8.65. The van der Waals surface area contributed by atoms with E-state index in [9.17, 15) is 0 Å². The monoisotopic (exact) mass is 314 g/mol. The molecule has 0 saturated heterocycles. The summed E-state index contributed by atoms with van der Waals surface area (Å²) in [6.07, 6.45) is 5.77. The molecule has 1 aliphatic heterocycles. The SMILES string of the molecule is C=CC1=C(C)OC(/C=C\C)=c2c1cccc2=C.CC.CC.CC. The number of fused-ring (bicyclic) bond motifs is 1. The summed E-state index contributed by atoms with van der Waals surface area (Å²) in [5.41, 5.74) is 2.18. The highest BCUT2D eigenvalue weighted by Gasteiger charge is 2.14. The van der Waals surface area contributed by atoms with Crippen molar-refractivity contribution >= 4 is 17.9 Å². The molecule has 0 spiro atoms. The standard InChI is InChI=1S/C16H16O.3C2H6/c1-5-8-15-16-11(3)9-7-10-14(16)13(6-2)12(4)17-15;3*1-2/h5-10H,2-3H2,1,4H3;3*1-2H3/b8-5-;;;. The lowest BCUT2D eigenvalue weighted by molar-refractivity contribution is 0.383. The molecule has 23 heavy (non-hydrogen) atoms. The van der Waals surface area contributed by atoms with Crippen LogP contribution in [0.1, 0.15) is 61.0 Å². The Bertz CT molecular complexity index is 630. The molecule has 0 N–H and O–H groups in total. The van der Waals surface area contributed by atoms with Crippen LogP contribution in [0, 0.1) is 0 Å². The predicted molar refractivity (Wildman–Crippen MR) is 107 cm³/mol. The zero-order valence-electron chi connectivity index (χ0n) is 16.3. The summed E-state index contributed by atoms with van der Waals surface area (Å²) in [6, 6.07) is 6.08. The molecule has 0 amide bonds. The summed E-state index contributed by atoms with van der Waals surface area (Å²) >= 11 is 0. The van der Waals surface area contributed by atoms with Gasteiger partial charge in [0.25, 0.3) is 0 Å². The fraction of sp³-hybridized carbons (Fsp3) is 0.364. The van der Waals surface area contributed by atoms with Gasteiger partial charge in [-0.15, -0.1) is 0 Å². The van der Waals surface area contributed by atoms with Gasteiger partial charge in [-0.3, -0.25) is 0 Å². The van der Waals surface area contributed by atoms with Crippen LogP contribution in [-0.4, -0.2) is 0 Å². The number of ether oxygens (including phenoxy) is 1. The van der Waals surface area contributed by atoms with Gasteiger partial charge in [-0.2, -0.15) is 0 Å². The van der Waals surface area contributed by atoms with E-state index in [1.807, 2.05) is 85.8 Å². The van der Waals surface area contributed by atoms with Crippen LogP contribution in [0.4, 0.5) is 0 Å². The highest BCUT2D eigenvalue weighted by Crippen LogP contribution is 2.24. The summed E-state index contributed by atoms with van der Waals surface area (Å²) < 4.78 is 5.84. The molecule has 0 saturated carbocycles. The van der Waals surface area contributed by atoms with Crippen molar-refractivity contribution in [2.45, 2.75) is 55.4 Å². The fourth-order valence-electron chi connectivity index (χ4n) is 2.10. The summed E-state index contributed by atoms with van der Waals surface area (Å²) in [7, 11) is 0. The van der Waals surface area contributed by atoms with Crippen LogP contribution in [0.25, 0.3) is 17.9 Å². The molecular weight excluding hydrogens is 280 g/mol. The van der Waals surface area contributed by atoms with Crippen molar-refractivity contribution in [2.24, 2.45) is 0 Å². The third-order valence-corrected chi connectivity index (χ3v) is 2.85. The topological polar surface area (TPSA) is 9.23 Å². The van der Waals surface area contributed by atoms with Crippen molar-refractivity contribution in [1.82, 2.24) is 0 Å². The van der Waals surface area contributed by atoms with Gasteiger partial charge in [0, 0.05) is 10.8 Å². The Morgan fingerprint density at radius 2 is 1.57 bits per heavy atom. The van der Waals surface area contributed by atoms with E-state index < -0.39 is 0 Å². The van der Waals surface area contributed by atoms with Gasteiger partial charge in [0.2, 0.25) is 0 Å². The second-order valence-electron chi connectivity index (χ2n) is 3.98. The molecule has 0 atom stereocenters. The van der Waals surface area contributed by atoms with Crippen molar-refractivity contribution in [1.29, 1.82) is 0 Å². The molecule has 1 aromatic rings. The molecule has 1 aromatic carbocycles. The Kier molecular flexibility index (Phi) is 13.8. The van der Waals surface area contributed by atoms with Crippen molar-refractivity contribution in [2.75, 3.05) is 0 Å². The summed E-state index contributed by atoms with van der Waals surface area (Å²) in [4.78, 5) is 0. The molecule has 1 aliphatic rings. The highest BCUT2D eigenvalue weighted by atomic mass is 16.5. The van der Waals surface area contributed by atoms with Crippen LogP contribution in [0.2, 0.25) is 0 Å². The van der Waals surface area contributed by atoms with E-state index in [0.29, 0.717) is 0 Å². The number of allylic oxidation sites excluding steroid dienone is 4. The summed E-state index contributed by atoms with van der Waals surface area (Å²) in [5, 5.41) is 2.04. The zero-order chi connectivity index (χ0) is 18.4. The normalized spacial score (nSPS) is 11.7. The van der Waals surface area contributed by atoms with Gasteiger partial charge >= 0.3 is 0 Å². The van der Waals surface area contributed by atoms with Crippen LogP contribution in [0.15, 0.2) is 48.8 Å². The van der Waals surface area contributed by atoms with Gasteiger partial charge in [0.1, 0.15) is 11.5 Å². The molecule has 2 rings (SSSR count). The second kappa shape index (κ2) is 13.6. The van der Waals surface area contributed by atoms with Crippen LogP contribution in [0.5, 0.6) is 0 Å². The lowest BCUT2D eigenvalue weighted by Gasteiger charge is -2.18. The van der Waals surface area contributed by atoms with E-state index in [2.05, 4.69) is 19.2 Å². The third kappa shape index (κ3) is 5.94. The molecule has 0 aromatic heterocycles. The second-order valence-corrected chi connectivity index (χ2v) is 3.98. The lowest BCUT2D eigenvalue weighted by Crippen LogP contribution is -2.31. The number of benzene rings is 1. The Labute approximate surface area is 143 Å². The average Bonchev–Trinajstić information content (AvgIpc) is 2.60.